The summed E-state index contributed by atoms with van der Waals surface area (Å²) in [5.74, 6) is 2.26. The molecule has 7 heteroatoms. The summed E-state index contributed by atoms with van der Waals surface area (Å²) < 4.78 is 6.57. The van der Waals surface area contributed by atoms with Crippen molar-refractivity contribution in [3.05, 3.63) is 119 Å². The van der Waals surface area contributed by atoms with Gasteiger partial charge in [-0.3, -0.25) is 4.89 Å². The highest BCUT2D eigenvalue weighted by atomic mass is 17.2. The summed E-state index contributed by atoms with van der Waals surface area (Å²) >= 11 is 0. The van der Waals surface area contributed by atoms with Crippen LogP contribution in [-0.2, 0) is 14.6 Å². The molecule has 1 aliphatic heterocycles. The Morgan fingerprint density at radius 2 is 1.51 bits per heavy atom. The number of ether oxygens (including phenoxy) is 1. The number of aryl methyl sites for hydroxylation is 1. The summed E-state index contributed by atoms with van der Waals surface area (Å²) in [4.78, 5) is 35.7. The van der Waals surface area contributed by atoms with Crippen LogP contribution in [0.4, 0.5) is 5.82 Å². The zero-order valence-corrected chi connectivity index (χ0v) is 26.3. The van der Waals surface area contributed by atoms with E-state index in [9.17, 15) is 4.79 Å². The number of nitrogens with zero attached hydrogens (tertiary/aromatic N) is 3. The van der Waals surface area contributed by atoms with Crippen LogP contribution in [0.25, 0.3) is 11.6 Å². The van der Waals surface area contributed by atoms with Gasteiger partial charge in [-0.2, -0.15) is 9.87 Å². The van der Waals surface area contributed by atoms with Crippen LogP contribution in [0.5, 0.6) is 5.88 Å². The Balaban J connectivity index is 1.31. The van der Waals surface area contributed by atoms with Gasteiger partial charge in [-0.05, 0) is 75.5 Å². The molecular weight excluding hydrogens is 562 g/mol. The van der Waals surface area contributed by atoms with E-state index in [-0.39, 0.29) is 5.97 Å². The van der Waals surface area contributed by atoms with Crippen molar-refractivity contribution in [1.82, 2.24) is 9.97 Å². The summed E-state index contributed by atoms with van der Waals surface area (Å²) in [5.41, 5.74) is 6.49. The second-order valence-corrected chi connectivity index (χ2v) is 12.3. The van der Waals surface area contributed by atoms with Crippen LogP contribution < -0.4 is 4.74 Å². The number of carbonyl (C=O) groups excluding carboxylic acids is 1. The molecule has 0 bridgehead atoms. The molecule has 0 amide bonds. The highest BCUT2D eigenvalue weighted by Gasteiger charge is 2.34. The van der Waals surface area contributed by atoms with E-state index in [0.717, 1.165) is 59.2 Å². The Morgan fingerprint density at radius 3 is 2.11 bits per heavy atom. The SMILES string of the molecule is COOC(=O)CC1CCC(c2ccc(C3=Cc4c(N=C(c5ccccc5)c5ccccc5)nc(C)nc4OC3(C)C)cc2)CC1. The zero-order chi connectivity index (χ0) is 31.4. The predicted octanol–water partition coefficient (Wildman–Crippen LogP) is 8.43. The molecule has 6 rings (SSSR count). The van der Waals surface area contributed by atoms with Gasteiger partial charge >= 0.3 is 5.97 Å². The monoisotopic (exact) mass is 601 g/mol. The average Bonchev–Trinajstić information content (AvgIpc) is 3.04. The standard InChI is InChI=1S/C38H39N3O4/c1-25-39-36(41-35(30-11-7-5-8-12-30)31-13-9-6-10-14-31)32-24-33(38(2,3)44-37(32)40-25)29-21-19-28(20-22-29)27-17-15-26(16-18-27)23-34(42)45-43-4/h5-14,19-22,24,26-27H,15-18,23H2,1-4H3. The van der Waals surface area contributed by atoms with Gasteiger partial charge in [0.2, 0.25) is 5.88 Å². The van der Waals surface area contributed by atoms with E-state index in [1.807, 2.05) is 43.3 Å². The van der Waals surface area contributed by atoms with E-state index in [1.54, 1.807) is 0 Å². The Hall–Kier alpha value is -4.62. The maximum absolute atomic E-state index is 11.8. The fraction of sp³-hybridized carbons (Fsp3) is 0.316. The van der Waals surface area contributed by atoms with Crippen molar-refractivity contribution in [3.63, 3.8) is 0 Å². The van der Waals surface area contributed by atoms with Gasteiger partial charge in [-0.25, -0.2) is 14.8 Å². The van der Waals surface area contributed by atoms with Gasteiger partial charge in [0.15, 0.2) is 5.82 Å². The number of aliphatic imine (C=N–C) groups is 1. The maximum Gasteiger partial charge on any atom is 0.342 e. The largest absolute Gasteiger partial charge is 0.466 e. The molecule has 0 unspecified atom stereocenters. The second-order valence-electron chi connectivity index (χ2n) is 12.3. The second kappa shape index (κ2) is 13.2. The van der Waals surface area contributed by atoms with Crippen molar-refractivity contribution < 1.29 is 19.3 Å². The van der Waals surface area contributed by atoms with Crippen LogP contribution in [0, 0.1) is 12.8 Å². The fourth-order valence-electron chi connectivity index (χ4n) is 6.47. The van der Waals surface area contributed by atoms with Gasteiger partial charge < -0.3 is 4.74 Å². The predicted molar refractivity (Wildman–Crippen MR) is 176 cm³/mol. The normalized spacial score (nSPS) is 18.6. The average molecular weight is 602 g/mol. The molecule has 1 aliphatic carbocycles. The summed E-state index contributed by atoms with van der Waals surface area (Å²) in [6.45, 7) is 6.02. The minimum absolute atomic E-state index is 0.289. The number of hydrogen-bond acceptors (Lipinski definition) is 7. The molecule has 1 fully saturated rings. The molecule has 2 aliphatic rings. The van der Waals surface area contributed by atoms with Gasteiger partial charge in [0.25, 0.3) is 0 Å². The van der Waals surface area contributed by atoms with Crippen LogP contribution >= 0.6 is 0 Å². The Morgan fingerprint density at radius 1 is 0.889 bits per heavy atom. The van der Waals surface area contributed by atoms with E-state index in [2.05, 4.69) is 83.2 Å². The van der Waals surface area contributed by atoms with E-state index < -0.39 is 5.60 Å². The molecule has 0 spiro atoms. The lowest BCUT2D eigenvalue weighted by Gasteiger charge is -2.34. The third-order valence-corrected chi connectivity index (χ3v) is 8.78. The zero-order valence-electron chi connectivity index (χ0n) is 26.3. The van der Waals surface area contributed by atoms with Crippen molar-refractivity contribution in [2.45, 2.75) is 64.4 Å². The lowest BCUT2D eigenvalue weighted by Crippen LogP contribution is -2.33. The van der Waals surface area contributed by atoms with E-state index in [0.29, 0.717) is 35.8 Å². The van der Waals surface area contributed by atoms with Crippen LogP contribution in [0.3, 0.4) is 0 Å². The minimum atomic E-state index is -0.604. The van der Waals surface area contributed by atoms with E-state index >= 15 is 0 Å². The van der Waals surface area contributed by atoms with E-state index in [4.69, 9.17) is 14.7 Å². The quantitative estimate of drug-likeness (QED) is 0.115. The Labute approximate surface area is 265 Å². The van der Waals surface area contributed by atoms with Crippen LogP contribution in [0.1, 0.15) is 85.5 Å². The lowest BCUT2D eigenvalue weighted by molar-refractivity contribution is -0.255. The maximum atomic E-state index is 11.8. The first kappa shape index (κ1) is 30.4. The molecule has 0 atom stereocenters. The Bertz CT molecular complexity index is 1660. The smallest absolute Gasteiger partial charge is 0.342 e. The molecule has 0 N–H and O–H groups in total. The highest BCUT2D eigenvalue weighted by molar-refractivity contribution is 6.14. The number of rotatable bonds is 8. The summed E-state index contributed by atoms with van der Waals surface area (Å²) in [6.07, 6.45) is 6.67. The van der Waals surface area contributed by atoms with Crippen LogP contribution in [0.15, 0.2) is 89.9 Å². The summed E-state index contributed by atoms with van der Waals surface area (Å²) in [5, 5.41) is 0. The first-order valence-electron chi connectivity index (χ1n) is 15.6. The van der Waals surface area contributed by atoms with Crippen molar-refractivity contribution in [2.24, 2.45) is 10.9 Å². The number of benzene rings is 3. The summed E-state index contributed by atoms with van der Waals surface area (Å²) in [7, 11) is 1.36. The molecule has 1 saturated carbocycles. The van der Waals surface area contributed by atoms with Crippen LogP contribution in [-0.4, -0.2) is 34.4 Å². The molecule has 7 nitrogen and oxygen atoms in total. The van der Waals surface area contributed by atoms with Gasteiger partial charge in [0.05, 0.1) is 24.8 Å². The Kier molecular flexibility index (Phi) is 8.90. The van der Waals surface area contributed by atoms with Gasteiger partial charge in [0, 0.05) is 16.7 Å². The number of fused-ring (bicyclic) bond motifs is 1. The molecule has 2 heterocycles. The molecule has 3 aromatic carbocycles. The first-order chi connectivity index (χ1) is 21.8. The first-order valence-corrected chi connectivity index (χ1v) is 15.6. The van der Waals surface area contributed by atoms with Crippen molar-refractivity contribution in [3.8, 4) is 5.88 Å². The minimum Gasteiger partial charge on any atom is -0.466 e. The highest BCUT2D eigenvalue weighted by Crippen LogP contribution is 2.43. The van der Waals surface area contributed by atoms with Gasteiger partial charge in [0.1, 0.15) is 11.4 Å². The number of carbonyl (C=O) groups is 1. The van der Waals surface area contributed by atoms with E-state index in [1.165, 1.54) is 12.7 Å². The fourth-order valence-corrected chi connectivity index (χ4v) is 6.47. The number of hydrogen-bond donors (Lipinski definition) is 0. The molecule has 0 radical (unpaired) electrons. The molecular formula is C38H39N3O4. The van der Waals surface area contributed by atoms with Gasteiger partial charge in [-0.15, -0.1) is 0 Å². The van der Waals surface area contributed by atoms with Crippen molar-refractivity contribution in [1.29, 1.82) is 0 Å². The topological polar surface area (TPSA) is 82.9 Å². The molecule has 0 saturated heterocycles. The molecule has 4 aromatic rings. The number of aromatic nitrogens is 2. The van der Waals surface area contributed by atoms with Crippen molar-refractivity contribution >= 4 is 29.1 Å². The third-order valence-electron chi connectivity index (χ3n) is 8.78. The lowest BCUT2D eigenvalue weighted by atomic mass is 9.77. The molecule has 45 heavy (non-hydrogen) atoms. The van der Waals surface area contributed by atoms with Gasteiger partial charge in [-0.1, -0.05) is 84.9 Å². The molecule has 1 aromatic heterocycles. The van der Waals surface area contributed by atoms with Crippen LogP contribution in [0.2, 0.25) is 0 Å². The molecule has 230 valence electrons. The third kappa shape index (κ3) is 6.89. The summed E-state index contributed by atoms with van der Waals surface area (Å²) in [6, 6.07) is 29.2. The van der Waals surface area contributed by atoms with Crippen molar-refractivity contribution in [2.75, 3.05) is 7.11 Å².